The number of aromatic nitrogens is 2. The molecule has 2 rings (SSSR count). The van der Waals surface area contributed by atoms with E-state index in [1.54, 1.807) is 12.1 Å². The van der Waals surface area contributed by atoms with Crippen LogP contribution >= 0.6 is 0 Å². The maximum Gasteiger partial charge on any atom is 0.340 e. The first-order valence-electron chi connectivity index (χ1n) is 7.35. The van der Waals surface area contributed by atoms with Crippen LogP contribution in [0, 0.1) is 35.4 Å². The van der Waals surface area contributed by atoms with Gasteiger partial charge in [-0.2, -0.15) is 10.5 Å². The molecule has 0 N–H and O–H groups in total. The van der Waals surface area contributed by atoms with E-state index in [4.69, 9.17) is 15.3 Å². The van der Waals surface area contributed by atoms with Gasteiger partial charge in [0.2, 0.25) is 0 Å². The summed E-state index contributed by atoms with van der Waals surface area (Å²) in [4.78, 5) is 36.7. The Hall–Kier alpha value is -3.72. The van der Waals surface area contributed by atoms with Crippen LogP contribution in [-0.2, 0) is 11.8 Å². The lowest BCUT2D eigenvalue weighted by Crippen LogP contribution is -2.38. The Kier molecular flexibility index (Phi) is 5.03. The van der Waals surface area contributed by atoms with E-state index in [1.807, 2.05) is 0 Å². The molecule has 0 fully saturated rings. The number of carbonyl (C=O) groups excluding carboxylic acids is 1. The van der Waals surface area contributed by atoms with Gasteiger partial charge < -0.3 is 9.30 Å². The van der Waals surface area contributed by atoms with E-state index in [0.29, 0.717) is 10.3 Å². The number of ether oxygens (including phenoxy) is 1. The second kappa shape index (κ2) is 7.03. The lowest BCUT2D eigenvalue weighted by atomic mass is 10.1. The van der Waals surface area contributed by atoms with Crippen molar-refractivity contribution in [2.45, 2.75) is 20.0 Å². The fourth-order valence-electron chi connectivity index (χ4n) is 2.20. The number of hydrogen-bond acceptors (Lipinski definition) is 6. The third-order valence-corrected chi connectivity index (χ3v) is 3.69. The molecule has 0 bridgehead atoms. The first-order chi connectivity index (χ1) is 12.2. The van der Waals surface area contributed by atoms with Gasteiger partial charge in [0.25, 0.3) is 5.56 Å². The smallest absolute Gasteiger partial charge is 0.340 e. The largest absolute Gasteiger partial charge is 0.444 e. The van der Waals surface area contributed by atoms with Crippen molar-refractivity contribution >= 4 is 5.97 Å². The summed E-state index contributed by atoms with van der Waals surface area (Å²) in [5.41, 5.74) is -2.44. The number of esters is 1. The molecule has 0 aliphatic rings. The van der Waals surface area contributed by atoms with E-state index in [2.05, 4.69) is 0 Å². The van der Waals surface area contributed by atoms with Gasteiger partial charge in [-0.25, -0.2) is 18.5 Å². The molecule has 0 aliphatic heterocycles. The van der Waals surface area contributed by atoms with Gasteiger partial charge in [0.1, 0.15) is 18.0 Å². The van der Waals surface area contributed by atoms with E-state index in [1.165, 1.54) is 20.9 Å². The summed E-state index contributed by atoms with van der Waals surface area (Å²) in [6, 6.07) is 6.08. The van der Waals surface area contributed by atoms with Crippen molar-refractivity contribution in [2.24, 2.45) is 7.05 Å². The highest BCUT2D eigenvalue weighted by molar-refractivity contribution is 5.93. The van der Waals surface area contributed by atoms with Crippen LogP contribution in [-0.4, -0.2) is 21.2 Å². The Bertz CT molecular complexity index is 1100. The minimum Gasteiger partial charge on any atom is -0.444 e. The van der Waals surface area contributed by atoms with Crippen LogP contribution in [0.4, 0.5) is 4.39 Å². The molecule has 0 saturated carbocycles. The minimum absolute atomic E-state index is 0.349. The Morgan fingerprint density at radius 1 is 1.27 bits per heavy atom. The van der Waals surface area contributed by atoms with Gasteiger partial charge in [-0.05, 0) is 26.0 Å². The van der Waals surface area contributed by atoms with Crippen LogP contribution in [0.2, 0.25) is 0 Å². The fourth-order valence-corrected chi connectivity index (χ4v) is 2.20. The molecule has 2 aromatic rings. The summed E-state index contributed by atoms with van der Waals surface area (Å²) in [5, 5.41) is 17.8. The number of benzene rings is 1. The normalized spacial score (nSPS) is 11.3. The number of hydrogen-bond donors (Lipinski definition) is 0. The highest BCUT2D eigenvalue weighted by Gasteiger charge is 2.21. The van der Waals surface area contributed by atoms with E-state index in [-0.39, 0.29) is 11.1 Å². The van der Waals surface area contributed by atoms with Crippen molar-refractivity contribution in [3.63, 3.8) is 0 Å². The third-order valence-electron chi connectivity index (χ3n) is 3.69. The summed E-state index contributed by atoms with van der Waals surface area (Å²) in [7, 11) is 1.40. The first kappa shape index (κ1) is 18.6. The average Bonchev–Trinajstić information content (AvgIpc) is 2.60. The Labute approximate surface area is 146 Å². The van der Waals surface area contributed by atoms with Crippen LogP contribution in [0.15, 0.2) is 27.8 Å². The van der Waals surface area contributed by atoms with Crippen LogP contribution in [0.25, 0.3) is 5.69 Å². The van der Waals surface area contributed by atoms with E-state index in [9.17, 15) is 18.8 Å². The third kappa shape index (κ3) is 3.23. The molecule has 9 heteroatoms. The molecule has 1 unspecified atom stereocenters. The van der Waals surface area contributed by atoms with Crippen LogP contribution in [0.3, 0.4) is 0 Å². The lowest BCUT2D eigenvalue weighted by molar-refractivity contribution is 0.0435. The van der Waals surface area contributed by atoms with Crippen molar-refractivity contribution in [3.05, 3.63) is 61.7 Å². The zero-order valence-corrected chi connectivity index (χ0v) is 14.1. The predicted molar refractivity (Wildman–Crippen MR) is 87.2 cm³/mol. The van der Waals surface area contributed by atoms with Crippen molar-refractivity contribution in [1.82, 2.24) is 9.13 Å². The molecule has 1 atom stereocenters. The molecule has 132 valence electrons. The predicted octanol–water partition coefficient (Wildman–Crippen LogP) is 0.924. The highest BCUT2D eigenvalue weighted by atomic mass is 19.1. The van der Waals surface area contributed by atoms with Crippen LogP contribution in [0.5, 0.6) is 0 Å². The lowest BCUT2D eigenvalue weighted by Gasteiger charge is -2.13. The summed E-state index contributed by atoms with van der Waals surface area (Å²) in [6.07, 6.45) is -1.10. The van der Waals surface area contributed by atoms with Gasteiger partial charge in [-0.3, -0.25) is 4.79 Å². The highest BCUT2D eigenvalue weighted by Crippen LogP contribution is 2.19. The number of carbonyl (C=O) groups is 1. The van der Waals surface area contributed by atoms with E-state index < -0.39 is 34.8 Å². The monoisotopic (exact) mass is 356 g/mol. The topological polar surface area (TPSA) is 118 Å². The maximum absolute atomic E-state index is 14.4. The molecule has 1 aromatic carbocycles. The maximum atomic E-state index is 14.4. The molecule has 0 saturated heterocycles. The standard InChI is InChI=1S/C17H13FN4O4/c1-9-4-15(23)22(17(25)21(9)3)14-6-12(11(8-20)5-13(14)18)16(24)26-10(2)7-19/h4-6,10H,1-3H3. The van der Waals surface area contributed by atoms with Gasteiger partial charge in [0.05, 0.1) is 16.8 Å². The SMILES string of the molecule is Cc1cc(=O)n(-c2cc(C(=O)OC(C)C#N)c(C#N)cc2F)c(=O)n1C. The number of aryl methyl sites for hydroxylation is 1. The molecule has 0 aliphatic carbocycles. The molecule has 1 aromatic heterocycles. The van der Waals surface area contributed by atoms with Crippen molar-refractivity contribution in [1.29, 1.82) is 10.5 Å². The number of rotatable bonds is 3. The molecule has 1 heterocycles. The number of nitrogens with zero attached hydrogens (tertiary/aromatic N) is 4. The molecule has 0 amide bonds. The second-order valence-corrected chi connectivity index (χ2v) is 5.44. The Morgan fingerprint density at radius 2 is 1.92 bits per heavy atom. The summed E-state index contributed by atoms with van der Waals surface area (Å²) in [6.45, 7) is 2.85. The van der Waals surface area contributed by atoms with E-state index in [0.717, 1.165) is 22.8 Å². The summed E-state index contributed by atoms with van der Waals surface area (Å²) in [5.74, 6) is -2.08. The van der Waals surface area contributed by atoms with Gasteiger partial charge in [-0.15, -0.1) is 0 Å². The quantitative estimate of drug-likeness (QED) is 0.755. The van der Waals surface area contributed by atoms with Crippen molar-refractivity contribution < 1.29 is 13.9 Å². The zero-order chi connectivity index (χ0) is 19.6. The van der Waals surface area contributed by atoms with Crippen molar-refractivity contribution in [2.75, 3.05) is 0 Å². The fraction of sp³-hybridized carbons (Fsp3) is 0.235. The Morgan fingerprint density at radius 3 is 2.50 bits per heavy atom. The summed E-state index contributed by atoms with van der Waals surface area (Å²) >= 11 is 0. The summed E-state index contributed by atoms with van der Waals surface area (Å²) < 4.78 is 20.9. The second-order valence-electron chi connectivity index (χ2n) is 5.44. The average molecular weight is 356 g/mol. The van der Waals surface area contributed by atoms with E-state index >= 15 is 0 Å². The Balaban J connectivity index is 2.76. The zero-order valence-electron chi connectivity index (χ0n) is 14.1. The number of nitriles is 2. The van der Waals surface area contributed by atoms with Gasteiger partial charge >= 0.3 is 11.7 Å². The molecular weight excluding hydrogens is 343 g/mol. The molecular formula is C17H13FN4O4. The van der Waals surface area contributed by atoms with Crippen LogP contribution in [0.1, 0.15) is 28.5 Å². The molecule has 0 spiro atoms. The van der Waals surface area contributed by atoms with Gasteiger partial charge in [0, 0.05) is 18.8 Å². The van der Waals surface area contributed by atoms with Gasteiger partial charge in [-0.1, -0.05) is 0 Å². The first-order valence-corrected chi connectivity index (χ1v) is 7.35. The van der Waals surface area contributed by atoms with Gasteiger partial charge in [0.15, 0.2) is 6.10 Å². The molecule has 8 nitrogen and oxygen atoms in total. The number of halogens is 1. The molecule has 0 radical (unpaired) electrons. The van der Waals surface area contributed by atoms with Crippen LogP contribution < -0.4 is 11.2 Å². The molecule has 26 heavy (non-hydrogen) atoms. The minimum atomic E-state index is -1.10. The van der Waals surface area contributed by atoms with Crippen molar-refractivity contribution in [3.8, 4) is 17.8 Å².